The van der Waals surface area contributed by atoms with Crippen molar-refractivity contribution < 1.29 is 14.7 Å². The molecule has 0 unspecified atom stereocenters. The fourth-order valence-electron chi connectivity index (χ4n) is 0.690. The van der Waals surface area contributed by atoms with Crippen molar-refractivity contribution in [3.63, 3.8) is 0 Å². The van der Waals surface area contributed by atoms with Gasteiger partial charge in [-0.1, -0.05) is 5.16 Å². The molecule has 1 rings (SSSR count). The van der Waals surface area contributed by atoms with Crippen LogP contribution in [-0.2, 0) is 9.47 Å². The summed E-state index contributed by atoms with van der Waals surface area (Å²) in [5.41, 5.74) is 5.21. The van der Waals surface area contributed by atoms with Crippen LogP contribution in [0.4, 0.5) is 0 Å². The van der Waals surface area contributed by atoms with Crippen molar-refractivity contribution in [1.29, 1.82) is 0 Å². The number of nitrogens with zero attached hydrogens (tertiary/aromatic N) is 1. The molecular formula is C6H12N2O3. The molecular weight excluding hydrogens is 148 g/mol. The average Bonchev–Trinajstić information content (AvgIpc) is 1.94. The molecule has 5 nitrogen and oxygen atoms in total. The third-order valence-electron chi connectivity index (χ3n) is 1.45. The number of amidine groups is 1. The van der Waals surface area contributed by atoms with Crippen LogP contribution in [0, 0.1) is 0 Å². The highest BCUT2D eigenvalue weighted by atomic mass is 16.6. The maximum Gasteiger partial charge on any atom is 0.141 e. The molecule has 0 saturated carbocycles. The van der Waals surface area contributed by atoms with Gasteiger partial charge in [0, 0.05) is 6.42 Å². The average molecular weight is 160 g/mol. The van der Waals surface area contributed by atoms with E-state index >= 15 is 0 Å². The van der Waals surface area contributed by atoms with Crippen molar-refractivity contribution in [1.82, 2.24) is 0 Å². The molecule has 0 aromatic carbocycles. The Morgan fingerprint density at radius 1 is 1.73 bits per heavy atom. The standard InChI is InChI=1S/C6H12N2O3/c7-6(8-9)1-2-11-5-3-10-4-5/h5,9H,1-4H2,(H2,7,8). The highest BCUT2D eigenvalue weighted by Crippen LogP contribution is 2.04. The Kier molecular flexibility index (Phi) is 3.13. The van der Waals surface area contributed by atoms with Gasteiger partial charge in [0.25, 0.3) is 0 Å². The molecule has 0 atom stereocenters. The molecule has 0 bridgehead atoms. The van der Waals surface area contributed by atoms with Crippen LogP contribution in [-0.4, -0.2) is 37.0 Å². The summed E-state index contributed by atoms with van der Waals surface area (Å²) in [6.07, 6.45) is 0.675. The zero-order valence-electron chi connectivity index (χ0n) is 6.19. The molecule has 3 N–H and O–H groups in total. The molecule has 0 amide bonds. The van der Waals surface area contributed by atoms with Crippen molar-refractivity contribution in [2.75, 3.05) is 19.8 Å². The van der Waals surface area contributed by atoms with Crippen LogP contribution in [0.2, 0.25) is 0 Å². The topological polar surface area (TPSA) is 77.1 Å². The molecule has 1 aliphatic rings. The maximum atomic E-state index is 8.15. The van der Waals surface area contributed by atoms with Gasteiger partial charge >= 0.3 is 0 Å². The first-order valence-corrected chi connectivity index (χ1v) is 3.48. The largest absolute Gasteiger partial charge is 0.409 e. The van der Waals surface area contributed by atoms with Crippen LogP contribution >= 0.6 is 0 Å². The molecule has 0 radical (unpaired) electrons. The molecule has 1 heterocycles. The summed E-state index contributed by atoms with van der Waals surface area (Å²) in [6.45, 7) is 1.82. The maximum absolute atomic E-state index is 8.15. The minimum atomic E-state index is 0.199. The second kappa shape index (κ2) is 4.15. The van der Waals surface area contributed by atoms with Gasteiger partial charge < -0.3 is 20.4 Å². The lowest BCUT2D eigenvalue weighted by Crippen LogP contribution is -2.36. The highest BCUT2D eigenvalue weighted by molar-refractivity contribution is 5.79. The molecule has 11 heavy (non-hydrogen) atoms. The number of hydrogen-bond donors (Lipinski definition) is 2. The molecule has 0 aromatic rings. The SMILES string of the molecule is NC(CCOC1COC1)=NO. The van der Waals surface area contributed by atoms with E-state index in [1.165, 1.54) is 0 Å². The predicted octanol–water partition coefficient (Wildman–Crippen LogP) is -0.462. The summed E-state index contributed by atoms with van der Waals surface area (Å²) in [5, 5.41) is 11.0. The van der Waals surface area contributed by atoms with Crippen LogP contribution in [0.15, 0.2) is 5.16 Å². The second-order valence-corrected chi connectivity index (χ2v) is 2.37. The van der Waals surface area contributed by atoms with E-state index in [1.807, 2.05) is 0 Å². The third kappa shape index (κ3) is 2.73. The predicted molar refractivity (Wildman–Crippen MR) is 38.6 cm³/mol. The molecule has 1 fully saturated rings. The lowest BCUT2D eigenvalue weighted by molar-refractivity contribution is -0.128. The fourth-order valence-corrected chi connectivity index (χ4v) is 0.690. The zero-order chi connectivity index (χ0) is 8.10. The lowest BCUT2D eigenvalue weighted by atomic mass is 10.3. The number of rotatable bonds is 4. The Hall–Kier alpha value is -0.810. The van der Waals surface area contributed by atoms with E-state index in [9.17, 15) is 0 Å². The minimum Gasteiger partial charge on any atom is -0.409 e. The van der Waals surface area contributed by atoms with Gasteiger partial charge in [-0.05, 0) is 0 Å². The van der Waals surface area contributed by atoms with E-state index in [0.29, 0.717) is 26.2 Å². The molecule has 0 aromatic heterocycles. The monoisotopic (exact) mass is 160 g/mol. The van der Waals surface area contributed by atoms with Gasteiger partial charge in [0.05, 0.1) is 19.8 Å². The molecule has 1 saturated heterocycles. The summed E-state index contributed by atoms with van der Waals surface area (Å²) in [7, 11) is 0. The summed E-state index contributed by atoms with van der Waals surface area (Å²) in [6, 6.07) is 0. The Bertz CT molecular complexity index is 145. The number of ether oxygens (including phenoxy) is 2. The van der Waals surface area contributed by atoms with Crippen LogP contribution in [0.3, 0.4) is 0 Å². The molecule has 5 heteroatoms. The van der Waals surface area contributed by atoms with Crippen LogP contribution in [0.1, 0.15) is 6.42 Å². The number of oxime groups is 1. The first kappa shape index (κ1) is 8.29. The Morgan fingerprint density at radius 2 is 2.45 bits per heavy atom. The van der Waals surface area contributed by atoms with E-state index in [-0.39, 0.29) is 11.9 Å². The minimum absolute atomic E-state index is 0.199. The van der Waals surface area contributed by atoms with E-state index in [2.05, 4.69) is 5.16 Å². The third-order valence-corrected chi connectivity index (χ3v) is 1.45. The van der Waals surface area contributed by atoms with Crippen molar-refractivity contribution in [3.05, 3.63) is 0 Å². The zero-order valence-corrected chi connectivity index (χ0v) is 6.19. The van der Waals surface area contributed by atoms with E-state index < -0.39 is 0 Å². The summed E-state index contributed by atoms with van der Waals surface area (Å²) in [5.74, 6) is 0.199. The van der Waals surface area contributed by atoms with Crippen molar-refractivity contribution in [2.24, 2.45) is 10.9 Å². The van der Waals surface area contributed by atoms with Crippen molar-refractivity contribution in [2.45, 2.75) is 12.5 Å². The van der Waals surface area contributed by atoms with Gasteiger partial charge in [-0.25, -0.2) is 0 Å². The first-order valence-electron chi connectivity index (χ1n) is 3.48. The van der Waals surface area contributed by atoms with Crippen molar-refractivity contribution >= 4 is 5.84 Å². The van der Waals surface area contributed by atoms with Crippen molar-refractivity contribution in [3.8, 4) is 0 Å². The summed E-state index contributed by atoms with van der Waals surface area (Å²) >= 11 is 0. The molecule has 64 valence electrons. The van der Waals surface area contributed by atoms with Crippen LogP contribution < -0.4 is 5.73 Å². The first-order chi connectivity index (χ1) is 5.33. The Balaban J connectivity index is 1.95. The van der Waals surface area contributed by atoms with E-state index in [1.54, 1.807) is 0 Å². The second-order valence-electron chi connectivity index (χ2n) is 2.37. The van der Waals surface area contributed by atoms with Crippen LogP contribution in [0.5, 0.6) is 0 Å². The molecule has 0 spiro atoms. The van der Waals surface area contributed by atoms with Gasteiger partial charge in [-0.3, -0.25) is 0 Å². The Labute approximate surface area is 64.8 Å². The van der Waals surface area contributed by atoms with Gasteiger partial charge in [0.1, 0.15) is 11.9 Å². The summed E-state index contributed by atoms with van der Waals surface area (Å²) < 4.78 is 10.1. The summed E-state index contributed by atoms with van der Waals surface area (Å²) in [4.78, 5) is 0. The van der Waals surface area contributed by atoms with Gasteiger partial charge in [-0.2, -0.15) is 0 Å². The fraction of sp³-hybridized carbons (Fsp3) is 0.833. The van der Waals surface area contributed by atoms with Gasteiger partial charge in [-0.15, -0.1) is 0 Å². The Morgan fingerprint density at radius 3 is 2.91 bits per heavy atom. The number of hydrogen-bond acceptors (Lipinski definition) is 4. The van der Waals surface area contributed by atoms with E-state index in [0.717, 1.165) is 0 Å². The number of nitrogens with two attached hydrogens (primary N) is 1. The quantitative estimate of drug-likeness (QED) is 0.252. The smallest absolute Gasteiger partial charge is 0.141 e. The lowest BCUT2D eigenvalue weighted by Gasteiger charge is -2.25. The molecule has 1 aliphatic heterocycles. The van der Waals surface area contributed by atoms with E-state index in [4.69, 9.17) is 20.4 Å². The molecule has 0 aliphatic carbocycles. The van der Waals surface area contributed by atoms with Gasteiger partial charge in [0.2, 0.25) is 0 Å². The highest BCUT2D eigenvalue weighted by Gasteiger charge is 2.18. The normalized spacial score (nSPS) is 19.8. The van der Waals surface area contributed by atoms with Gasteiger partial charge in [0.15, 0.2) is 0 Å². The van der Waals surface area contributed by atoms with Crippen LogP contribution in [0.25, 0.3) is 0 Å².